The average molecular weight is 565 g/mol. The topological polar surface area (TPSA) is 61.4 Å². The van der Waals surface area contributed by atoms with Crippen molar-refractivity contribution in [3.8, 4) is 0 Å². The van der Waals surface area contributed by atoms with Crippen LogP contribution in [0.4, 0.5) is 0 Å². The Labute approximate surface area is 240 Å². The number of amides is 2. The standard InChI is InChI=1S/C32H35Cl2N3O2/c1-23(38)36-31(25-10-6-3-7-11-25)15-18-37(19-16-31)22-27-21-32(27,26-12-13-28(33)29(34)20-26)30(39)35-17-14-24-8-4-2-5-9-24/h2-13,20,27H,14-19,21-22H2,1H3,(H,35,39)(H,36,38)/t27-,32-/m0/s1. The van der Waals surface area contributed by atoms with Gasteiger partial charge in [-0.15, -0.1) is 0 Å². The molecule has 2 aliphatic rings. The highest BCUT2D eigenvalue weighted by Crippen LogP contribution is 2.56. The van der Waals surface area contributed by atoms with Crippen molar-refractivity contribution < 1.29 is 9.59 Å². The molecule has 2 amide bonds. The van der Waals surface area contributed by atoms with Crippen molar-refractivity contribution in [2.45, 2.75) is 43.6 Å². The zero-order chi connectivity index (χ0) is 27.5. The molecule has 1 saturated heterocycles. The second-order valence-electron chi connectivity index (χ2n) is 10.9. The van der Waals surface area contributed by atoms with Gasteiger partial charge in [0.15, 0.2) is 0 Å². The summed E-state index contributed by atoms with van der Waals surface area (Å²) in [5.41, 5.74) is 2.30. The normalized spacial score (nSPS) is 22.2. The van der Waals surface area contributed by atoms with Gasteiger partial charge in [-0.1, -0.05) is 89.9 Å². The van der Waals surface area contributed by atoms with Crippen molar-refractivity contribution in [2.75, 3.05) is 26.2 Å². The first-order valence-electron chi connectivity index (χ1n) is 13.7. The molecule has 1 aliphatic carbocycles. The Morgan fingerprint density at radius 1 is 0.897 bits per heavy atom. The fourth-order valence-electron chi connectivity index (χ4n) is 6.22. The van der Waals surface area contributed by atoms with E-state index in [0.717, 1.165) is 56.4 Å². The maximum absolute atomic E-state index is 13.7. The first kappa shape index (κ1) is 27.7. The van der Waals surface area contributed by atoms with E-state index in [9.17, 15) is 9.59 Å². The third-order valence-electron chi connectivity index (χ3n) is 8.42. The second kappa shape index (κ2) is 11.7. The van der Waals surface area contributed by atoms with Crippen molar-refractivity contribution in [3.05, 3.63) is 106 Å². The van der Waals surface area contributed by atoms with Crippen molar-refractivity contribution in [3.63, 3.8) is 0 Å². The molecule has 3 aromatic rings. The Balaban J connectivity index is 1.28. The van der Waals surface area contributed by atoms with Gasteiger partial charge in [0.05, 0.1) is 21.0 Å². The number of benzene rings is 3. The highest BCUT2D eigenvalue weighted by molar-refractivity contribution is 6.42. The molecule has 0 unspecified atom stereocenters. The average Bonchev–Trinajstić information content (AvgIpc) is 3.67. The SMILES string of the molecule is CC(=O)NC1(c2ccccc2)CCN(C[C@@H]2C[C@]2(C(=O)NCCc2ccccc2)c2ccc(Cl)c(Cl)c2)CC1. The molecule has 1 aliphatic heterocycles. The third-order valence-corrected chi connectivity index (χ3v) is 9.16. The number of rotatable bonds is 9. The van der Waals surface area contributed by atoms with Crippen molar-refractivity contribution >= 4 is 35.0 Å². The fourth-order valence-corrected chi connectivity index (χ4v) is 6.52. The molecular weight excluding hydrogens is 529 g/mol. The number of hydrogen-bond acceptors (Lipinski definition) is 3. The molecular formula is C32H35Cl2N3O2. The molecule has 7 heteroatoms. The molecule has 0 bridgehead atoms. The first-order valence-corrected chi connectivity index (χ1v) is 14.4. The number of halogens is 2. The molecule has 0 aromatic heterocycles. The summed E-state index contributed by atoms with van der Waals surface area (Å²) < 4.78 is 0. The monoisotopic (exact) mass is 563 g/mol. The number of likely N-dealkylation sites (tertiary alicyclic amines) is 1. The van der Waals surface area contributed by atoms with Crippen LogP contribution in [0.15, 0.2) is 78.9 Å². The number of nitrogens with one attached hydrogen (secondary N) is 2. The van der Waals surface area contributed by atoms with Crippen LogP contribution in [-0.2, 0) is 27.0 Å². The molecule has 1 saturated carbocycles. The predicted molar refractivity (Wildman–Crippen MR) is 157 cm³/mol. The lowest BCUT2D eigenvalue weighted by Gasteiger charge is -2.43. The van der Waals surface area contributed by atoms with Gasteiger partial charge in [-0.05, 0) is 60.4 Å². The lowest BCUT2D eigenvalue weighted by Crippen LogP contribution is -2.53. The summed E-state index contributed by atoms with van der Waals surface area (Å²) in [7, 11) is 0. The van der Waals surface area contributed by atoms with Gasteiger partial charge in [-0.2, -0.15) is 0 Å². The van der Waals surface area contributed by atoms with E-state index in [1.54, 1.807) is 13.0 Å². The van der Waals surface area contributed by atoms with Gasteiger partial charge in [0.25, 0.3) is 0 Å². The Hall–Kier alpha value is -2.86. The Kier molecular flexibility index (Phi) is 8.32. The van der Waals surface area contributed by atoms with Crippen LogP contribution in [0.25, 0.3) is 0 Å². The molecule has 1 heterocycles. The van der Waals surface area contributed by atoms with Crippen LogP contribution in [0, 0.1) is 5.92 Å². The summed E-state index contributed by atoms with van der Waals surface area (Å²) >= 11 is 12.6. The molecule has 2 atom stereocenters. The highest BCUT2D eigenvalue weighted by Gasteiger charge is 2.61. The summed E-state index contributed by atoms with van der Waals surface area (Å²) in [6.07, 6.45) is 3.21. The van der Waals surface area contributed by atoms with Crippen LogP contribution < -0.4 is 10.6 Å². The second-order valence-corrected chi connectivity index (χ2v) is 11.7. The van der Waals surface area contributed by atoms with E-state index in [1.807, 2.05) is 48.5 Å². The molecule has 0 radical (unpaired) electrons. The lowest BCUT2D eigenvalue weighted by molar-refractivity contribution is -0.124. The fraction of sp³-hybridized carbons (Fsp3) is 0.375. The number of hydrogen-bond donors (Lipinski definition) is 2. The van der Waals surface area contributed by atoms with Crippen LogP contribution in [0.3, 0.4) is 0 Å². The van der Waals surface area contributed by atoms with Crippen LogP contribution in [0.1, 0.15) is 42.9 Å². The van der Waals surface area contributed by atoms with Gasteiger partial charge in [0.2, 0.25) is 11.8 Å². The van der Waals surface area contributed by atoms with Gasteiger partial charge in [0.1, 0.15) is 0 Å². The molecule has 2 fully saturated rings. The lowest BCUT2D eigenvalue weighted by atomic mass is 9.80. The van der Waals surface area contributed by atoms with E-state index < -0.39 is 5.41 Å². The molecule has 5 nitrogen and oxygen atoms in total. The van der Waals surface area contributed by atoms with Crippen molar-refractivity contribution in [2.24, 2.45) is 5.92 Å². The minimum absolute atomic E-state index is 0.0136. The Bertz CT molecular complexity index is 1310. The first-order chi connectivity index (χ1) is 18.8. The van der Waals surface area contributed by atoms with E-state index >= 15 is 0 Å². The highest BCUT2D eigenvalue weighted by atomic mass is 35.5. The van der Waals surface area contributed by atoms with Crippen LogP contribution >= 0.6 is 23.2 Å². The Morgan fingerprint density at radius 3 is 2.21 bits per heavy atom. The number of carbonyl (C=O) groups is 2. The molecule has 5 rings (SSSR count). The maximum Gasteiger partial charge on any atom is 0.231 e. The van der Waals surface area contributed by atoms with Crippen molar-refractivity contribution in [1.29, 1.82) is 0 Å². The van der Waals surface area contributed by atoms with E-state index in [-0.39, 0.29) is 23.3 Å². The minimum Gasteiger partial charge on any atom is -0.355 e. The molecule has 204 valence electrons. The number of piperidine rings is 1. The smallest absolute Gasteiger partial charge is 0.231 e. The summed E-state index contributed by atoms with van der Waals surface area (Å²) in [5, 5.41) is 7.42. The van der Waals surface area contributed by atoms with E-state index in [1.165, 1.54) is 5.56 Å². The van der Waals surface area contributed by atoms with Gasteiger partial charge in [-0.3, -0.25) is 9.59 Å². The Morgan fingerprint density at radius 2 is 1.56 bits per heavy atom. The van der Waals surface area contributed by atoms with Gasteiger partial charge in [0, 0.05) is 33.1 Å². The summed E-state index contributed by atoms with van der Waals surface area (Å²) in [6.45, 7) is 4.68. The van der Waals surface area contributed by atoms with E-state index in [0.29, 0.717) is 16.6 Å². The summed E-state index contributed by atoms with van der Waals surface area (Å²) in [5.74, 6) is 0.215. The van der Waals surface area contributed by atoms with E-state index in [4.69, 9.17) is 23.2 Å². The molecule has 0 spiro atoms. The summed E-state index contributed by atoms with van der Waals surface area (Å²) in [6, 6.07) is 26.0. The van der Waals surface area contributed by atoms with Gasteiger partial charge >= 0.3 is 0 Å². The van der Waals surface area contributed by atoms with Crippen molar-refractivity contribution in [1.82, 2.24) is 15.5 Å². The number of nitrogens with zero attached hydrogens (tertiary/aromatic N) is 1. The van der Waals surface area contributed by atoms with Gasteiger partial charge < -0.3 is 15.5 Å². The maximum atomic E-state index is 13.7. The minimum atomic E-state index is -0.615. The predicted octanol–water partition coefficient (Wildman–Crippen LogP) is 5.74. The van der Waals surface area contributed by atoms with Crippen LogP contribution in [0.2, 0.25) is 10.0 Å². The van der Waals surface area contributed by atoms with Gasteiger partial charge in [-0.25, -0.2) is 0 Å². The largest absolute Gasteiger partial charge is 0.355 e. The number of carbonyl (C=O) groups excluding carboxylic acids is 2. The van der Waals surface area contributed by atoms with E-state index in [2.05, 4.69) is 39.8 Å². The molecule has 2 N–H and O–H groups in total. The van der Waals surface area contributed by atoms with Crippen LogP contribution in [0.5, 0.6) is 0 Å². The zero-order valence-electron chi connectivity index (χ0n) is 22.3. The summed E-state index contributed by atoms with van der Waals surface area (Å²) in [4.78, 5) is 28.3. The molecule has 3 aromatic carbocycles. The van der Waals surface area contributed by atoms with Crippen LogP contribution in [-0.4, -0.2) is 42.9 Å². The zero-order valence-corrected chi connectivity index (χ0v) is 23.8. The quantitative estimate of drug-likeness (QED) is 0.349. The molecule has 39 heavy (non-hydrogen) atoms. The third kappa shape index (κ3) is 6.01.